The summed E-state index contributed by atoms with van der Waals surface area (Å²) in [4.78, 5) is 40.5. The molecule has 0 saturated carbocycles. The second-order valence-electron chi connectivity index (χ2n) is 4.89. The van der Waals surface area contributed by atoms with E-state index in [2.05, 4.69) is 5.32 Å². The Labute approximate surface area is 130 Å². The number of pyridine rings is 1. The molecule has 1 amide bonds. The van der Waals surface area contributed by atoms with Gasteiger partial charge in [-0.05, 0) is 12.5 Å². The predicted molar refractivity (Wildman–Crippen MR) is 80.6 cm³/mol. The number of aromatic hydroxyl groups is 1. The van der Waals surface area contributed by atoms with Crippen molar-refractivity contribution in [3.63, 3.8) is 0 Å². The van der Waals surface area contributed by atoms with Crippen LogP contribution >= 0.6 is 0 Å². The molecule has 2 heterocycles. The minimum absolute atomic E-state index is 0.237. The number of nitrogens with one attached hydrogen (secondary N) is 1. The molecule has 9 nitrogen and oxygen atoms in total. The molecule has 0 saturated heterocycles. The summed E-state index contributed by atoms with van der Waals surface area (Å²) in [5, 5.41) is 21.0. The van der Waals surface area contributed by atoms with Crippen LogP contribution in [0.4, 0.5) is 0 Å². The van der Waals surface area contributed by atoms with Crippen molar-refractivity contribution >= 4 is 22.9 Å². The fraction of sp³-hybridized carbons (Fsp3) is 0.357. The highest BCUT2D eigenvalue weighted by molar-refractivity contribution is 6.02. The molecule has 0 bridgehead atoms. The second kappa shape index (κ2) is 6.42. The zero-order valence-electron chi connectivity index (χ0n) is 12.7. The van der Waals surface area contributed by atoms with Crippen molar-refractivity contribution in [2.75, 3.05) is 13.2 Å². The van der Waals surface area contributed by atoms with Gasteiger partial charge in [0.15, 0.2) is 11.3 Å². The molecule has 0 aliphatic carbocycles. The maximum absolute atomic E-state index is 12.5. The third kappa shape index (κ3) is 2.98. The van der Waals surface area contributed by atoms with Crippen LogP contribution in [0.3, 0.4) is 0 Å². The minimum Gasteiger partial charge on any atom is -0.505 e. The first-order valence-electron chi connectivity index (χ1n) is 6.94. The van der Waals surface area contributed by atoms with Gasteiger partial charge in [0, 0.05) is 13.2 Å². The summed E-state index contributed by atoms with van der Waals surface area (Å²) in [6.07, 6.45) is 2.25. The van der Waals surface area contributed by atoms with E-state index in [0.29, 0.717) is 11.9 Å². The second-order valence-corrected chi connectivity index (χ2v) is 4.89. The molecule has 124 valence electrons. The number of aryl methyl sites for hydroxylation is 1. The van der Waals surface area contributed by atoms with Crippen molar-refractivity contribution < 1.29 is 24.6 Å². The Balaban J connectivity index is 2.63. The number of carboxylic acid groups (broad SMARTS) is 1. The summed E-state index contributed by atoms with van der Waals surface area (Å²) in [6, 6.07) is 1.57. The van der Waals surface area contributed by atoms with E-state index in [1.54, 1.807) is 19.3 Å². The third-order valence-corrected chi connectivity index (χ3v) is 3.18. The van der Waals surface area contributed by atoms with Crippen LogP contribution in [0.5, 0.6) is 5.75 Å². The monoisotopic (exact) mass is 323 g/mol. The molecule has 2 rings (SSSR count). The van der Waals surface area contributed by atoms with Gasteiger partial charge in [0.2, 0.25) is 0 Å². The van der Waals surface area contributed by atoms with Gasteiger partial charge in [-0.1, -0.05) is 6.92 Å². The van der Waals surface area contributed by atoms with Gasteiger partial charge in [0.25, 0.3) is 11.5 Å². The van der Waals surface area contributed by atoms with Crippen molar-refractivity contribution in [1.82, 2.24) is 14.6 Å². The average Bonchev–Trinajstić information content (AvgIpc) is 2.87. The number of carboxylic acids is 1. The van der Waals surface area contributed by atoms with Gasteiger partial charge in [-0.2, -0.15) is 0 Å². The van der Waals surface area contributed by atoms with Gasteiger partial charge in [0.1, 0.15) is 24.2 Å². The molecule has 9 heteroatoms. The maximum atomic E-state index is 12.5. The van der Waals surface area contributed by atoms with Crippen molar-refractivity contribution in [2.45, 2.75) is 13.3 Å². The zero-order valence-corrected chi connectivity index (χ0v) is 12.7. The van der Waals surface area contributed by atoms with Crippen molar-refractivity contribution in [3.8, 4) is 5.75 Å². The van der Waals surface area contributed by atoms with E-state index in [0.717, 1.165) is 4.73 Å². The van der Waals surface area contributed by atoms with Gasteiger partial charge in [-0.3, -0.25) is 14.4 Å². The lowest BCUT2D eigenvalue weighted by atomic mass is 10.2. The summed E-state index contributed by atoms with van der Waals surface area (Å²) in [7, 11) is 1.63. The standard InChI is InChI=1S/C14H17N3O6/c1-3-6-23-17-8-4-5-16(2)11(8)12(20)10(14(17)22)13(21)15-7-9(18)19/h4-5,20H,3,6-7H2,1-2H3,(H,15,21)(H,18,19). The van der Waals surface area contributed by atoms with Crippen LogP contribution in [0.1, 0.15) is 23.7 Å². The summed E-state index contributed by atoms with van der Waals surface area (Å²) in [6.45, 7) is 1.43. The van der Waals surface area contributed by atoms with Crippen molar-refractivity contribution in [2.24, 2.45) is 7.05 Å². The number of carbonyl (C=O) groups excluding carboxylic acids is 1. The van der Waals surface area contributed by atoms with E-state index in [1.165, 1.54) is 4.57 Å². The minimum atomic E-state index is -1.26. The SMILES string of the molecule is CCCOn1c(=O)c(C(=O)NCC(=O)O)c(O)c2c1ccn2C. The van der Waals surface area contributed by atoms with E-state index >= 15 is 0 Å². The Hall–Kier alpha value is -2.97. The third-order valence-electron chi connectivity index (χ3n) is 3.18. The molecule has 2 aromatic rings. The summed E-state index contributed by atoms with van der Waals surface area (Å²) >= 11 is 0. The molecule has 0 fully saturated rings. The number of nitrogens with zero attached hydrogens (tertiary/aromatic N) is 2. The molecule has 0 aliphatic rings. The Bertz CT molecular complexity index is 820. The molecule has 0 aliphatic heterocycles. The average molecular weight is 323 g/mol. The van der Waals surface area contributed by atoms with Crippen LogP contribution in [0, 0.1) is 0 Å². The van der Waals surface area contributed by atoms with E-state index in [9.17, 15) is 19.5 Å². The highest BCUT2D eigenvalue weighted by Crippen LogP contribution is 2.26. The highest BCUT2D eigenvalue weighted by Gasteiger charge is 2.24. The Morgan fingerprint density at radius 1 is 1.39 bits per heavy atom. The first-order chi connectivity index (χ1) is 10.9. The molecule has 0 spiro atoms. The Morgan fingerprint density at radius 3 is 2.70 bits per heavy atom. The summed E-state index contributed by atoms with van der Waals surface area (Å²) in [5.74, 6) is -2.76. The van der Waals surface area contributed by atoms with Gasteiger partial charge >= 0.3 is 5.97 Å². The molecular formula is C14H17N3O6. The topological polar surface area (TPSA) is 123 Å². The quantitative estimate of drug-likeness (QED) is 0.670. The zero-order chi connectivity index (χ0) is 17.1. The maximum Gasteiger partial charge on any atom is 0.322 e. The molecule has 3 N–H and O–H groups in total. The number of fused-ring (bicyclic) bond motifs is 1. The van der Waals surface area contributed by atoms with Gasteiger partial charge < -0.3 is 24.9 Å². The van der Waals surface area contributed by atoms with Gasteiger partial charge in [0.05, 0.1) is 0 Å². The number of amides is 1. The molecule has 2 aromatic heterocycles. The molecule has 0 unspecified atom stereocenters. The van der Waals surface area contributed by atoms with Crippen molar-refractivity contribution in [3.05, 3.63) is 28.2 Å². The largest absolute Gasteiger partial charge is 0.505 e. The molecule has 0 radical (unpaired) electrons. The smallest absolute Gasteiger partial charge is 0.322 e. The van der Waals surface area contributed by atoms with Crippen molar-refractivity contribution in [1.29, 1.82) is 0 Å². The lowest BCUT2D eigenvalue weighted by Crippen LogP contribution is -2.37. The van der Waals surface area contributed by atoms with E-state index in [-0.39, 0.29) is 12.1 Å². The lowest BCUT2D eigenvalue weighted by molar-refractivity contribution is -0.135. The number of hydrogen-bond acceptors (Lipinski definition) is 5. The number of hydrogen-bond donors (Lipinski definition) is 3. The lowest BCUT2D eigenvalue weighted by Gasteiger charge is -2.13. The number of rotatable bonds is 6. The van der Waals surface area contributed by atoms with Crippen LogP contribution in [-0.4, -0.2) is 44.5 Å². The van der Waals surface area contributed by atoms with Gasteiger partial charge in [-0.15, -0.1) is 4.73 Å². The molecule has 0 atom stereocenters. The Kier molecular flexibility index (Phi) is 4.58. The van der Waals surface area contributed by atoms with Crippen LogP contribution in [-0.2, 0) is 11.8 Å². The van der Waals surface area contributed by atoms with E-state index in [4.69, 9.17) is 9.94 Å². The normalized spacial score (nSPS) is 10.7. The molecule has 0 aromatic carbocycles. The Morgan fingerprint density at radius 2 is 2.09 bits per heavy atom. The van der Waals surface area contributed by atoms with Crippen LogP contribution in [0.2, 0.25) is 0 Å². The predicted octanol–water partition coefficient (Wildman–Crippen LogP) is -0.301. The fourth-order valence-electron chi connectivity index (χ4n) is 2.16. The van der Waals surface area contributed by atoms with E-state index in [1.807, 2.05) is 6.92 Å². The first kappa shape index (κ1) is 16.4. The highest BCUT2D eigenvalue weighted by atomic mass is 16.7. The first-order valence-corrected chi connectivity index (χ1v) is 6.94. The number of carbonyl (C=O) groups is 2. The molecule has 23 heavy (non-hydrogen) atoms. The summed E-state index contributed by atoms with van der Waals surface area (Å²) < 4.78 is 2.47. The van der Waals surface area contributed by atoms with Crippen LogP contribution in [0.25, 0.3) is 11.0 Å². The fourth-order valence-corrected chi connectivity index (χ4v) is 2.16. The van der Waals surface area contributed by atoms with Gasteiger partial charge in [-0.25, -0.2) is 0 Å². The van der Waals surface area contributed by atoms with Crippen LogP contribution in [0.15, 0.2) is 17.1 Å². The number of aliphatic carboxylic acids is 1. The van der Waals surface area contributed by atoms with E-state index < -0.39 is 35.3 Å². The summed E-state index contributed by atoms with van der Waals surface area (Å²) in [5.41, 5.74) is -0.853. The molecular weight excluding hydrogens is 306 g/mol. The number of aromatic nitrogens is 2. The van der Waals surface area contributed by atoms with Crippen LogP contribution < -0.4 is 15.7 Å².